The molecule has 0 bridgehead atoms. The van der Waals surface area contributed by atoms with Crippen LogP contribution in [0.3, 0.4) is 0 Å². The molecule has 0 saturated carbocycles. The van der Waals surface area contributed by atoms with Crippen LogP contribution >= 0.6 is 0 Å². The molecular formula is C12H22N2O2. The number of hydrogen-bond acceptors (Lipinski definition) is 2. The fourth-order valence-electron chi connectivity index (χ4n) is 1.93. The standard InChI is InChI=1S/C12H22N2O2/c1-3-5-7-13-12(16)14-8-6-11(15)10(4-2)9-14/h10H,3-9H2,1-2H3,(H,13,16). The second-order valence-corrected chi connectivity index (χ2v) is 4.35. The van der Waals surface area contributed by atoms with Crippen LogP contribution in [0.15, 0.2) is 0 Å². The normalized spacial score (nSPS) is 21.0. The highest BCUT2D eigenvalue weighted by molar-refractivity contribution is 5.84. The highest BCUT2D eigenvalue weighted by atomic mass is 16.2. The SMILES string of the molecule is CCCCNC(=O)N1CCC(=O)C(CC)C1. The third kappa shape index (κ3) is 3.51. The van der Waals surface area contributed by atoms with Gasteiger partial charge >= 0.3 is 6.03 Å². The van der Waals surface area contributed by atoms with Gasteiger partial charge in [0.1, 0.15) is 5.78 Å². The van der Waals surface area contributed by atoms with Gasteiger partial charge in [-0.25, -0.2) is 4.79 Å². The summed E-state index contributed by atoms with van der Waals surface area (Å²) >= 11 is 0. The molecule has 1 unspecified atom stereocenters. The fraction of sp³-hybridized carbons (Fsp3) is 0.833. The molecule has 0 spiro atoms. The molecule has 0 aromatic rings. The Hall–Kier alpha value is -1.06. The Morgan fingerprint density at radius 3 is 2.88 bits per heavy atom. The molecule has 1 rings (SSSR count). The molecule has 2 amide bonds. The van der Waals surface area contributed by atoms with Crippen LogP contribution in [0.25, 0.3) is 0 Å². The number of nitrogens with one attached hydrogen (secondary N) is 1. The van der Waals surface area contributed by atoms with Gasteiger partial charge in [-0.1, -0.05) is 20.3 Å². The summed E-state index contributed by atoms with van der Waals surface area (Å²) in [6.45, 7) is 6.00. The molecule has 16 heavy (non-hydrogen) atoms. The minimum absolute atomic E-state index is 0.0144. The van der Waals surface area contributed by atoms with E-state index in [0.29, 0.717) is 25.3 Å². The topological polar surface area (TPSA) is 49.4 Å². The lowest BCUT2D eigenvalue weighted by Gasteiger charge is -2.31. The van der Waals surface area contributed by atoms with E-state index in [9.17, 15) is 9.59 Å². The number of nitrogens with zero attached hydrogens (tertiary/aromatic N) is 1. The summed E-state index contributed by atoms with van der Waals surface area (Å²) in [5, 5.41) is 2.89. The van der Waals surface area contributed by atoms with E-state index in [1.54, 1.807) is 4.90 Å². The van der Waals surface area contributed by atoms with Gasteiger partial charge in [-0.3, -0.25) is 4.79 Å². The van der Waals surface area contributed by atoms with Crippen molar-refractivity contribution in [3.63, 3.8) is 0 Å². The van der Waals surface area contributed by atoms with E-state index in [4.69, 9.17) is 0 Å². The quantitative estimate of drug-likeness (QED) is 0.743. The van der Waals surface area contributed by atoms with Crippen LogP contribution in [0.4, 0.5) is 4.79 Å². The lowest BCUT2D eigenvalue weighted by atomic mass is 9.94. The van der Waals surface area contributed by atoms with Crippen molar-refractivity contribution in [1.29, 1.82) is 0 Å². The van der Waals surface area contributed by atoms with Gasteiger partial charge in [-0.05, 0) is 12.8 Å². The lowest BCUT2D eigenvalue weighted by Crippen LogP contribution is -2.48. The van der Waals surface area contributed by atoms with E-state index in [2.05, 4.69) is 12.2 Å². The Bertz CT molecular complexity index is 253. The third-order valence-corrected chi connectivity index (χ3v) is 3.11. The average Bonchev–Trinajstić information content (AvgIpc) is 2.30. The van der Waals surface area contributed by atoms with Crippen molar-refractivity contribution in [1.82, 2.24) is 10.2 Å². The van der Waals surface area contributed by atoms with Crippen molar-refractivity contribution in [3.05, 3.63) is 0 Å². The Kier molecular flexibility index (Phi) is 5.29. The molecule has 4 heteroatoms. The van der Waals surface area contributed by atoms with Crippen LogP contribution in [0.1, 0.15) is 39.5 Å². The molecule has 1 N–H and O–H groups in total. The maximum atomic E-state index is 11.7. The number of carbonyl (C=O) groups is 2. The van der Waals surface area contributed by atoms with E-state index in [-0.39, 0.29) is 11.9 Å². The number of unbranched alkanes of at least 4 members (excludes halogenated alkanes) is 1. The number of ketones is 1. The first-order valence-electron chi connectivity index (χ1n) is 6.24. The Morgan fingerprint density at radius 2 is 2.25 bits per heavy atom. The summed E-state index contributed by atoms with van der Waals surface area (Å²) in [5.74, 6) is 0.353. The van der Waals surface area contributed by atoms with Gasteiger partial charge in [-0.2, -0.15) is 0 Å². The van der Waals surface area contributed by atoms with Crippen molar-refractivity contribution >= 4 is 11.8 Å². The van der Waals surface area contributed by atoms with Crippen molar-refractivity contribution in [2.24, 2.45) is 5.92 Å². The van der Waals surface area contributed by atoms with Gasteiger partial charge in [0.15, 0.2) is 0 Å². The van der Waals surface area contributed by atoms with Crippen LogP contribution in [0, 0.1) is 5.92 Å². The fourth-order valence-corrected chi connectivity index (χ4v) is 1.93. The summed E-state index contributed by atoms with van der Waals surface area (Å²) in [6.07, 6.45) is 3.43. The molecule has 1 fully saturated rings. The number of Topliss-reactive ketones (excluding diaryl/α,β-unsaturated/α-hetero) is 1. The van der Waals surface area contributed by atoms with Crippen molar-refractivity contribution in [2.45, 2.75) is 39.5 Å². The van der Waals surface area contributed by atoms with Crippen molar-refractivity contribution < 1.29 is 9.59 Å². The molecule has 4 nitrogen and oxygen atoms in total. The molecule has 1 heterocycles. The Labute approximate surface area is 97.4 Å². The van der Waals surface area contributed by atoms with Gasteiger partial charge in [0, 0.05) is 32.0 Å². The van der Waals surface area contributed by atoms with E-state index < -0.39 is 0 Å². The van der Waals surface area contributed by atoms with Crippen LogP contribution < -0.4 is 5.32 Å². The molecule has 1 saturated heterocycles. The van der Waals surface area contributed by atoms with Crippen LogP contribution in [0.2, 0.25) is 0 Å². The second kappa shape index (κ2) is 6.51. The molecule has 0 aliphatic carbocycles. The summed E-state index contributed by atoms with van der Waals surface area (Å²) in [7, 11) is 0. The first-order chi connectivity index (χ1) is 7.69. The van der Waals surface area contributed by atoms with Crippen molar-refractivity contribution in [3.8, 4) is 0 Å². The second-order valence-electron chi connectivity index (χ2n) is 4.35. The molecule has 0 aromatic heterocycles. The van der Waals surface area contributed by atoms with Crippen LogP contribution in [0.5, 0.6) is 0 Å². The highest BCUT2D eigenvalue weighted by Crippen LogP contribution is 2.15. The predicted molar refractivity (Wildman–Crippen MR) is 63.3 cm³/mol. The number of rotatable bonds is 4. The largest absolute Gasteiger partial charge is 0.338 e. The van der Waals surface area contributed by atoms with Gasteiger partial charge in [0.05, 0.1) is 0 Å². The van der Waals surface area contributed by atoms with E-state index in [1.165, 1.54) is 0 Å². The summed E-state index contributed by atoms with van der Waals surface area (Å²) in [5.41, 5.74) is 0. The molecule has 1 atom stereocenters. The number of carbonyl (C=O) groups excluding carboxylic acids is 2. The van der Waals surface area contributed by atoms with Gasteiger partial charge in [0.25, 0.3) is 0 Å². The predicted octanol–water partition coefficient (Wildman–Crippen LogP) is 1.80. The first-order valence-corrected chi connectivity index (χ1v) is 6.24. The lowest BCUT2D eigenvalue weighted by molar-refractivity contribution is -0.125. The van der Waals surface area contributed by atoms with E-state index in [0.717, 1.165) is 25.8 Å². The van der Waals surface area contributed by atoms with Gasteiger partial charge in [0.2, 0.25) is 0 Å². The summed E-state index contributed by atoms with van der Waals surface area (Å²) < 4.78 is 0. The zero-order chi connectivity index (χ0) is 12.0. The summed E-state index contributed by atoms with van der Waals surface area (Å²) in [4.78, 5) is 25.0. The van der Waals surface area contributed by atoms with Gasteiger partial charge < -0.3 is 10.2 Å². The van der Waals surface area contributed by atoms with E-state index in [1.807, 2.05) is 6.92 Å². The summed E-state index contributed by atoms with van der Waals surface area (Å²) in [6, 6.07) is -0.0144. The smallest absolute Gasteiger partial charge is 0.317 e. The van der Waals surface area contributed by atoms with Crippen LogP contribution in [-0.2, 0) is 4.79 Å². The molecule has 92 valence electrons. The third-order valence-electron chi connectivity index (χ3n) is 3.11. The first kappa shape index (κ1) is 13.0. The number of urea groups is 1. The highest BCUT2D eigenvalue weighted by Gasteiger charge is 2.28. The van der Waals surface area contributed by atoms with Gasteiger partial charge in [-0.15, -0.1) is 0 Å². The molecule has 0 aromatic carbocycles. The maximum absolute atomic E-state index is 11.7. The minimum atomic E-state index is -0.0144. The monoisotopic (exact) mass is 226 g/mol. The Balaban J connectivity index is 2.36. The number of likely N-dealkylation sites (tertiary alicyclic amines) is 1. The van der Waals surface area contributed by atoms with E-state index >= 15 is 0 Å². The maximum Gasteiger partial charge on any atom is 0.317 e. The zero-order valence-electron chi connectivity index (χ0n) is 10.3. The average molecular weight is 226 g/mol. The van der Waals surface area contributed by atoms with Crippen LogP contribution in [-0.4, -0.2) is 36.3 Å². The number of piperidine rings is 1. The molecule has 1 aliphatic rings. The zero-order valence-corrected chi connectivity index (χ0v) is 10.3. The molecule has 0 radical (unpaired) electrons. The molecule has 1 aliphatic heterocycles. The molecular weight excluding hydrogens is 204 g/mol. The Morgan fingerprint density at radius 1 is 1.50 bits per heavy atom. The van der Waals surface area contributed by atoms with Crippen molar-refractivity contribution in [2.75, 3.05) is 19.6 Å². The number of amides is 2. The minimum Gasteiger partial charge on any atom is -0.338 e. The number of hydrogen-bond donors (Lipinski definition) is 1.